The molecule has 3 rings (SSSR count). The second-order valence-corrected chi connectivity index (χ2v) is 6.66. The number of nitrogens with one attached hydrogen (secondary N) is 1. The Kier molecular flexibility index (Phi) is 4.34. The lowest BCUT2D eigenvalue weighted by atomic mass is 9.84. The Labute approximate surface area is 127 Å². The minimum atomic E-state index is 0.273. The van der Waals surface area contributed by atoms with Gasteiger partial charge in [0.2, 0.25) is 0 Å². The van der Waals surface area contributed by atoms with Crippen LogP contribution in [0.3, 0.4) is 0 Å². The zero-order valence-electron chi connectivity index (χ0n) is 13.5. The molecule has 0 amide bonds. The summed E-state index contributed by atoms with van der Waals surface area (Å²) in [6, 6.07) is 9.16. The van der Waals surface area contributed by atoms with Gasteiger partial charge in [-0.3, -0.25) is 0 Å². The molecule has 1 heterocycles. The van der Waals surface area contributed by atoms with Gasteiger partial charge in [-0.05, 0) is 51.2 Å². The maximum absolute atomic E-state index is 6.09. The van der Waals surface area contributed by atoms with Crippen LogP contribution in [0.25, 0.3) is 11.0 Å². The van der Waals surface area contributed by atoms with Crippen LogP contribution in [0.15, 0.2) is 28.7 Å². The Bertz CT molecular complexity index is 595. The molecular weight excluding hydrogens is 258 g/mol. The molecule has 114 valence electrons. The summed E-state index contributed by atoms with van der Waals surface area (Å²) in [4.78, 5) is 0. The average molecular weight is 285 g/mol. The van der Waals surface area contributed by atoms with Crippen molar-refractivity contribution in [2.75, 3.05) is 0 Å². The van der Waals surface area contributed by atoms with E-state index >= 15 is 0 Å². The van der Waals surface area contributed by atoms with Crippen molar-refractivity contribution in [1.29, 1.82) is 0 Å². The predicted molar refractivity (Wildman–Crippen MR) is 88.5 cm³/mol. The van der Waals surface area contributed by atoms with Crippen LogP contribution in [0.2, 0.25) is 0 Å². The molecule has 0 bridgehead atoms. The fraction of sp³-hybridized carbons (Fsp3) is 0.579. The van der Waals surface area contributed by atoms with Crippen LogP contribution in [-0.4, -0.2) is 6.04 Å². The van der Waals surface area contributed by atoms with Gasteiger partial charge in [-0.2, -0.15) is 0 Å². The summed E-state index contributed by atoms with van der Waals surface area (Å²) < 4.78 is 6.09. The smallest absolute Gasteiger partial charge is 0.134 e. The number of benzene rings is 1. The van der Waals surface area contributed by atoms with E-state index in [1.54, 1.807) is 0 Å². The van der Waals surface area contributed by atoms with Crippen molar-refractivity contribution in [3.05, 3.63) is 35.6 Å². The molecule has 0 aliphatic heterocycles. The molecule has 1 N–H and O–H groups in total. The van der Waals surface area contributed by atoms with Crippen molar-refractivity contribution in [3.8, 4) is 0 Å². The van der Waals surface area contributed by atoms with E-state index in [1.165, 1.54) is 43.1 Å². The number of rotatable bonds is 4. The van der Waals surface area contributed by atoms with Crippen LogP contribution in [0.5, 0.6) is 0 Å². The minimum Gasteiger partial charge on any atom is -0.459 e. The molecule has 0 spiro atoms. The van der Waals surface area contributed by atoms with Crippen LogP contribution < -0.4 is 5.32 Å². The van der Waals surface area contributed by atoms with E-state index in [1.807, 2.05) is 6.07 Å². The van der Waals surface area contributed by atoms with Gasteiger partial charge in [0, 0.05) is 11.4 Å². The Balaban J connectivity index is 1.74. The molecule has 2 atom stereocenters. The third kappa shape index (κ3) is 3.01. The van der Waals surface area contributed by atoms with E-state index in [0.29, 0.717) is 6.04 Å². The summed E-state index contributed by atoms with van der Waals surface area (Å²) in [5, 5.41) is 5.02. The molecule has 2 heteroatoms. The van der Waals surface area contributed by atoms with Gasteiger partial charge in [0.1, 0.15) is 11.3 Å². The second kappa shape index (κ2) is 6.23. The van der Waals surface area contributed by atoms with Crippen molar-refractivity contribution < 1.29 is 4.42 Å². The van der Waals surface area contributed by atoms with Crippen molar-refractivity contribution in [1.82, 2.24) is 5.32 Å². The fourth-order valence-electron chi connectivity index (χ4n) is 3.85. The zero-order chi connectivity index (χ0) is 14.8. The molecule has 2 aromatic rings. The standard InChI is InChI=1S/C19H27NO/c1-13-17-11-7-8-12-18(17)21-19(13)15(3)20-14(2)16-9-5-4-6-10-16/h7-8,11-12,14-16,20H,4-6,9-10H2,1-3H3. The number of furan rings is 1. The maximum Gasteiger partial charge on any atom is 0.134 e. The van der Waals surface area contributed by atoms with Crippen LogP contribution in [-0.2, 0) is 0 Å². The first-order valence-corrected chi connectivity index (χ1v) is 8.41. The summed E-state index contributed by atoms with van der Waals surface area (Å²) >= 11 is 0. The quantitative estimate of drug-likeness (QED) is 0.818. The number of para-hydroxylation sites is 1. The van der Waals surface area contributed by atoms with Gasteiger partial charge in [0.15, 0.2) is 0 Å². The first kappa shape index (κ1) is 14.6. The molecule has 1 aromatic heterocycles. The van der Waals surface area contributed by atoms with Crippen molar-refractivity contribution in [3.63, 3.8) is 0 Å². The zero-order valence-corrected chi connectivity index (χ0v) is 13.5. The van der Waals surface area contributed by atoms with E-state index in [0.717, 1.165) is 17.3 Å². The highest BCUT2D eigenvalue weighted by molar-refractivity contribution is 5.82. The Morgan fingerprint density at radius 2 is 1.81 bits per heavy atom. The normalized spacial score (nSPS) is 19.8. The topological polar surface area (TPSA) is 25.2 Å². The third-order valence-corrected chi connectivity index (χ3v) is 5.14. The Hall–Kier alpha value is -1.28. The van der Waals surface area contributed by atoms with E-state index in [-0.39, 0.29) is 6.04 Å². The highest BCUT2D eigenvalue weighted by Crippen LogP contribution is 2.31. The average Bonchev–Trinajstić information content (AvgIpc) is 2.86. The van der Waals surface area contributed by atoms with Crippen molar-refractivity contribution in [2.24, 2.45) is 5.92 Å². The molecule has 1 aliphatic carbocycles. The summed E-state index contributed by atoms with van der Waals surface area (Å²) in [6.45, 7) is 6.74. The molecule has 2 nitrogen and oxygen atoms in total. The number of fused-ring (bicyclic) bond motifs is 1. The largest absolute Gasteiger partial charge is 0.459 e. The lowest BCUT2D eigenvalue weighted by molar-refractivity contribution is 0.260. The predicted octanol–water partition coefficient (Wildman–Crippen LogP) is 5.36. The van der Waals surface area contributed by atoms with E-state index < -0.39 is 0 Å². The summed E-state index contributed by atoms with van der Waals surface area (Å²) in [5.74, 6) is 1.92. The van der Waals surface area contributed by atoms with Gasteiger partial charge in [-0.1, -0.05) is 37.5 Å². The summed E-state index contributed by atoms with van der Waals surface area (Å²) in [5.41, 5.74) is 2.28. The fourth-order valence-corrected chi connectivity index (χ4v) is 3.85. The third-order valence-electron chi connectivity index (χ3n) is 5.14. The Morgan fingerprint density at radius 1 is 1.10 bits per heavy atom. The van der Waals surface area contributed by atoms with Gasteiger partial charge in [-0.15, -0.1) is 0 Å². The van der Waals surface area contributed by atoms with Gasteiger partial charge in [0.25, 0.3) is 0 Å². The molecule has 1 aromatic carbocycles. The number of hydrogen-bond donors (Lipinski definition) is 1. The van der Waals surface area contributed by atoms with Gasteiger partial charge in [0.05, 0.1) is 6.04 Å². The van der Waals surface area contributed by atoms with Crippen molar-refractivity contribution in [2.45, 2.75) is 65.0 Å². The monoisotopic (exact) mass is 285 g/mol. The lowest BCUT2D eigenvalue weighted by Gasteiger charge is -2.30. The molecule has 21 heavy (non-hydrogen) atoms. The molecule has 1 saturated carbocycles. The molecule has 2 unspecified atom stereocenters. The summed E-state index contributed by atoms with van der Waals surface area (Å²) in [7, 11) is 0. The SMILES string of the molecule is Cc1c(C(C)NC(C)C2CCCCC2)oc2ccccc12. The molecule has 0 radical (unpaired) electrons. The highest BCUT2D eigenvalue weighted by atomic mass is 16.3. The van der Waals surface area contributed by atoms with Crippen LogP contribution in [0.4, 0.5) is 0 Å². The van der Waals surface area contributed by atoms with Crippen LogP contribution in [0.1, 0.15) is 63.3 Å². The van der Waals surface area contributed by atoms with E-state index in [9.17, 15) is 0 Å². The van der Waals surface area contributed by atoms with Crippen LogP contribution >= 0.6 is 0 Å². The van der Waals surface area contributed by atoms with Gasteiger partial charge < -0.3 is 9.73 Å². The first-order valence-electron chi connectivity index (χ1n) is 8.41. The molecule has 0 saturated heterocycles. The highest BCUT2D eigenvalue weighted by Gasteiger charge is 2.23. The Morgan fingerprint density at radius 3 is 2.52 bits per heavy atom. The van der Waals surface area contributed by atoms with Gasteiger partial charge >= 0.3 is 0 Å². The first-order chi connectivity index (χ1) is 10.2. The number of hydrogen-bond acceptors (Lipinski definition) is 2. The molecule has 1 aliphatic rings. The van der Waals surface area contributed by atoms with Crippen molar-refractivity contribution >= 4 is 11.0 Å². The van der Waals surface area contributed by atoms with E-state index in [2.05, 4.69) is 44.3 Å². The van der Waals surface area contributed by atoms with E-state index in [4.69, 9.17) is 4.42 Å². The number of aryl methyl sites for hydroxylation is 1. The maximum atomic E-state index is 6.09. The summed E-state index contributed by atoms with van der Waals surface area (Å²) in [6.07, 6.45) is 6.96. The van der Waals surface area contributed by atoms with Crippen LogP contribution in [0, 0.1) is 12.8 Å². The lowest BCUT2D eigenvalue weighted by Crippen LogP contribution is -2.36. The molecular formula is C19H27NO. The second-order valence-electron chi connectivity index (χ2n) is 6.66. The molecule has 1 fully saturated rings. The minimum absolute atomic E-state index is 0.273. The van der Waals surface area contributed by atoms with Gasteiger partial charge in [-0.25, -0.2) is 0 Å².